The number of hydrogen-bond donors (Lipinski definition) is 15. The number of Topliss-reactive ketones (excluding diaryl/α,β-unsaturated/α-hetero) is 1. The highest BCUT2D eigenvalue weighted by Gasteiger charge is 2.64. The molecule has 0 radical (unpaired) electrons. The monoisotopic (exact) mass is 1090 g/mol. The number of ketones is 1. The van der Waals surface area contributed by atoms with Crippen LogP contribution >= 0.6 is 0 Å². The fourth-order valence-corrected chi connectivity index (χ4v) is 10.9. The van der Waals surface area contributed by atoms with Crippen LogP contribution in [0.1, 0.15) is 72.3 Å². The number of nitrogens with two attached hydrogens (primary N) is 2. The number of phenolic OH excluding ortho intramolecular Hbond substituents is 1. The molecule has 3 aliphatic rings. The number of ether oxygens (including phenoxy) is 1. The maximum absolute atomic E-state index is 14.8. The van der Waals surface area contributed by atoms with Crippen LogP contribution in [0.25, 0.3) is 10.9 Å². The molecule has 1 aromatic carbocycles. The number of carbonyl (C=O) groups excluding carboxylic acids is 9. The number of benzene rings is 1. The number of primary amides is 1. The third-order valence-electron chi connectivity index (χ3n) is 14.1. The number of rotatable bonds is 18. The van der Waals surface area contributed by atoms with E-state index >= 15 is 0 Å². The molecule has 1 spiro atoms. The molecule has 14 atom stereocenters. The summed E-state index contributed by atoms with van der Waals surface area (Å²) in [6.45, 7) is 7.18. The minimum Gasteiger partial charge on any atom is -0.508 e. The summed E-state index contributed by atoms with van der Waals surface area (Å²) in [6.07, 6.45) is -5.36. The Labute approximate surface area is 441 Å². The third kappa shape index (κ3) is 15.7. The number of aromatic nitrogens is 1. The van der Waals surface area contributed by atoms with Crippen LogP contribution in [0.5, 0.6) is 5.75 Å². The molecular weight excluding hydrogens is 1020 g/mol. The number of alkyl carbamates (subject to hydrolysis) is 1. The van der Waals surface area contributed by atoms with Gasteiger partial charge in [-0.15, -0.1) is 0 Å². The zero-order valence-corrected chi connectivity index (χ0v) is 44.3. The van der Waals surface area contributed by atoms with Crippen molar-refractivity contribution in [1.82, 2.24) is 52.4 Å². The van der Waals surface area contributed by atoms with Crippen LogP contribution in [0.15, 0.2) is 23.2 Å². The average Bonchev–Trinajstić information content (AvgIpc) is 3.66. The highest BCUT2D eigenvalue weighted by Crippen LogP contribution is 2.46. The number of aromatic hydroxyl groups is 1. The van der Waals surface area contributed by atoms with Crippen LogP contribution in [-0.2, 0) is 60.3 Å². The van der Waals surface area contributed by atoms with Gasteiger partial charge in [0.25, 0.3) is 0 Å². The summed E-state index contributed by atoms with van der Waals surface area (Å²) in [5.41, 5.74) is 10.8. The normalized spacial score (nSPS) is 26.4. The van der Waals surface area contributed by atoms with Crippen molar-refractivity contribution < 1.29 is 72.5 Å². The number of amides is 8. The second-order valence-corrected chi connectivity index (χ2v) is 21.7. The Bertz CT molecular complexity index is 2510. The zero-order chi connectivity index (χ0) is 56.3. The Kier molecular flexibility index (Phi) is 21.2. The van der Waals surface area contributed by atoms with Crippen LogP contribution in [-0.4, -0.2) is 194 Å². The number of β-amino-alcohol motifs (C(OH)–C–C–N with tert-alkyl or cyclic N) is 1. The molecule has 2 aliphatic heterocycles. The van der Waals surface area contributed by atoms with Gasteiger partial charge in [0.15, 0.2) is 5.78 Å². The van der Waals surface area contributed by atoms with Crippen molar-refractivity contribution in [3.8, 4) is 5.75 Å². The largest absolute Gasteiger partial charge is 0.508 e. The second kappa shape index (κ2) is 26.6. The molecule has 5 rings (SSSR count). The fraction of sp³-hybridized carbons (Fsp3) is 0.646. The maximum atomic E-state index is 14.8. The molecule has 1 aliphatic carbocycles. The van der Waals surface area contributed by atoms with Crippen LogP contribution in [0.3, 0.4) is 0 Å². The van der Waals surface area contributed by atoms with Gasteiger partial charge in [-0.1, -0.05) is 34.1 Å². The zero-order valence-electron chi connectivity index (χ0n) is 43.4. The third-order valence-corrected chi connectivity index (χ3v) is 15.5. The molecule has 0 bridgehead atoms. The van der Waals surface area contributed by atoms with E-state index in [-0.39, 0.29) is 64.4 Å². The summed E-state index contributed by atoms with van der Waals surface area (Å²) in [5.74, 6) is -9.47. The highest BCUT2D eigenvalue weighted by molar-refractivity contribution is 7.85. The van der Waals surface area contributed by atoms with Gasteiger partial charge in [-0.2, -0.15) is 0 Å². The molecule has 17 N–H and O–H groups in total. The van der Waals surface area contributed by atoms with Crippen LogP contribution in [0.4, 0.5) is 4.79 Å². The molecule has 1 aromatic heterocycles. The molecule has 5 unspecified atom stereocenters. The Morgan fingerprint density at radius 2 is 1.70 bits per heavy atom. The lowest BCUT2D eigenvalue weighted by atomic mass is 9.95. The summed E-state index contributed by atoms with van der Waals surface area (Å²) < 4.78 is 20.0. The molecule has 2 aromatic rings. The highest BCUT2D eigenvalue weighted by atomic mass is 32.2. The molecule has 28 heteroatoms. The average molecular weight is 1090 g/mol. The number of likely N-dealkylation sites (tertiary alicyclic amines) is 1. The summed E-state index contributed by atoms with van der Waals surface area (Å²) in [6, 6.07) is -4.11. The van der Waals surface area contributed by atoms with Crippen molar-refractivity contribution in [2.75, 3.05) is 45.6 Å². The van der Waals surface area contributed by atoms with Gasteiger partial charge in [0.05, 0.1) is 65.9 Å². The van der Waals surface area contributed by atoms with E-state index in [0.717, 1.165) is 11.4 Å². The number of nitrogens with one attached hydrogen (secondary N) is 9. The Morgan fingerprint density at radius 1 is 1.01 bits per heavy atom. The van der Waals surface area contributed by atoms with Gasteiger partial charge in [0, 0.05) is 49.2 Å². The maximum Gasteiger partial charge on any atom is 0.407 e. The van der Waals surface area contributed by atoms with Crippen molar-refractivity contribution >= 4 is 74.9 Å². The van der Waals surface area contributed by atoms with Gasteiger partial charge in [0.2, 0.25) is 41.4 Å². The van der Waals surface area contributed by atoms with Gasteiger partial charge < -0.3 is 83.7 Å². The van der Waals surface area contributed by atoms with Crippen molar-refractivity contribution in [3.05, 3.63) is 23.8 Å². The quantitative estimate of drug-likeness (QED) is 0.0668. The van der Waals surface area contributed by atoms with E-state index in [4.69, 9.17) is 16.2 Å². The van der Waals surface area contributed by atoms with Crippen molar-refractivity contribution in [2.45, 2.75) is 138 Å². The Balaban J connectivity index is 1.48. The van der Waals surface area contributed by atoms with Gasteiger partial charge in [0.1, 0.15) is 47.3 Å². The van der Waals surface area contributed by atoms with Crippen LogP contribution in [0.2, 0.25) is 0 Å². The first-order valence-electron chi connectivity index (χ1n) is 25.2. The summed E-state index contributed by atoms with van der Waals surface area (Å²) >= 11 is 0. The Hall–Kier alpha value is -6.30. The standard InChI is InChI=1S/C48H74N12O15S/c1-7-23(3)40-44(71)53-17-37(66)55-33(42(69)57-32(13-36(49)65)46(72)60-19-27(62)14-48(60)15-35(48)64)21-76(74)45-29(28-9-8-26(61)11-30(28)58-45)12-31(41(68)52-18-38(67)59-40)56-43(70)39(50)25(5)34(63)20-75-47(73)54-24(4)10-22(2)16-51-6/h8-9,11,22-25,27,31-34,39-40,44,51,53,58,61-63,71H,7,10,12-21,50H2,1-6H3,(H2,49,65)(H,52,68)(H,54,73)(H,55,66)(H,56,70)(H,57,69)(H,59,67)/t22?,23-,24?,25-,27+,31-,32-,33-,34-,39-,40+,44?,48?,76?/m0/s1. The topological polar surface area (TPSA) is 428 Å². The first-order valence-corrected chi connectivity index (χ1v) is 26.5. The number of fused-ring (bicyclic) bond motifs is 3. The number of nitrogens with zero attached hydrogens (tertiary/aromatic N) is 1. The van der Waals surface area contributed by atoms with E-state index in [0.29, 0.717) is 12.8 Å². The lowest BCUT2D eigenvalue weighted by molar-refractivity contribution is -0.141. The molecule has 1 saturated carbocycles. The fourth-order valence-electron chi connectivity index (χ4n) is 9.49. The number of carbonyl (C=O) groups is 9. The van der Waals surface area contributed by atoms with Gasteiger partial charge in [-0.3, -0.25) is 47.9 Å². The molecule has 8 amide bonds. The Morgan fingerprint density at radius 3 is 2.34 bits per heavy atom. The van der Waals surface area contributed by atoms with Crippen molar-refractivity contribution in [3.63, 3.8) is 0 Å². The predicted octanol–water partition coefficient (Wildman–Crippen LogP) is -4.59. The molecule has 1 saturated heterocycles. The smallest absolute Gasteiger partial charge is 0.407 e. The van der Waals surface area contributed by atoms with E-state index in [9.17, 15) is 67.8 Å². The van der Waals surface area contributed by atoms with E-state index in [1.807, 2.05) is 14.0 Å². The molecule has 2 fully saturated rings. The van der Waals surface area contributed by atoms with Crippen LogP contribution in [0, 0.1) is 17.8 Å². The second-order valence-electron chi connectivity index (χ2n) is 20.2. The first-order chi connectivity index (χ1) is 35.8. The van der Waals surface area contributed by atoms with Gasteiger partial charge >= 0.3 is 6.09 Å². The molecule has 422 valence electrons. The number of aliphatic hydroxyl groups is 3. The number of aromatic amines is 1. The minimum atomic E-state index is -2.42. The van der Waals surface area contributed by atoms with Gasteiger partial charge in [-0.25, -0.2) is 4.79 Å². The summed E-state index contributed by atoms with van der Waals surface area (Å²) in [4.78, 5) is 125. The molecule has 27 nitrogen and oxygen atoms in total. The summed E-state index contributed by atoms with van der Waals surface area (Å²) in [5, 5.41) is 64.1. The lowest BCUT2D eigenvalue weighted by Crippen LogP contribution is -2.59. The van der Waals surface area contributed by atoms with Crippen LogP contribution < -0.4 is 54.0 Å². The molecule has 76 heavy (non-hydrogen) atoms. The number of hydrogen-bond acceptors (Lipinski definition) is 18. The summed E-state index contributed by atoms with van der Waals surface area (Å²) in [7, 11) is -0.607. The first kappa shape index (κ1) is 60.6. The van der Waals surface area contributed by atoms with Crippen molar-refractivity contribution in [2.24, 2.45) is 29.2 Å². The molecule has 3 heterocycles. The van der Waals surface area contributed by atoms with E-state index in [1.54, 1.807) is 20.8 Å². The van der Waals surface area contributed by atoms with E-state index < -0.39 is 163 Å². The minimum absolute atomic E-state index is 0.0629. The number of H-pyrrole nitrogens is 1. The van der Waals surface area contributed by atoms with E-state index in [2.05, 4.69) is 47.5 Å². The number of aliphatic hydroxyl groups excluding tert-OH is 3. The van der Waals surface area contributed by atoms with E-state index in [1.165, 1.54) is 25.1 Å². The number of phenols is 1. The lowest BCUT2D eigenvalue weighted by Gasteiger charge is -2.30. The molecular formula is C48H74N12O15S. The predicted molar refractivity (Wildman–Crippen MR) is 272 cm³/mol. The van der Waals surface area contributed by atoms with Crippen molar-refractivity contribution in [1.29, 1.82) is 0 Å². The SMILES string of the molecule is CC[C@H](C)[C@H]1NC(=O)CNC(=O)[C@@H](NC(=O)[C@@H](N)[C@@H](C)[C@@H](O)COC(=O)NC(C)CC(C)CNC)Cc2c([nH]c3cc(O)ccc23)S(=O)C[C@@H](C(=O)N[C@@H](CC(N)=O)C(=O)N2C[C@H](O)CC23CC3=O)NC(=O)CNC1O. The van der Waals surface area contributed by atoms with Gasteiger partial charge in [-0.05, 0) is 56.5 Å².